The molecule has 1 amide bonds. The van der Waals surface area contributed by atoms with Crippen molar-refractivity contribution in [2.45, 2.75) is 26.5 Å². The second-order valence-corrected chi connectivity index (χ2v) is 4.01. The fraction of sp³-hybridized carbons (Fsp3) is 0.385. The summed E-state index contributed by atoms with van der Waals surface area (Å²) in [7, 11) is 0. The van der Waals surface area contributed by atoms with E-state index in [9.17, 15) is 4.79 Å². The number of amides is 1. The summed E-state index contributed by atoms with van der Waals surface area (Å²) in [5.74, 6) is -0.117. The van der Waals surface area contributed by atoms with Gasteiger partial charge in [-0.25, -0.2) is 4.98 Å². The number of ether oxygens (including phenoxy) is 1. The molecule has 5 nitrogen and oxygen atoms in total. The topological polar surface area (TPSA) is 55.6 Å². The zero-order valence-electron chi connectivity index (χ0n) is 10.6. The highest BCUT2D eigenvalue weighted by atomic mass is 16.5. The molecule has 0 unspecified atom stereocenters. The molecular weight excluding hydrogens is 230 g/mol. The van der Waals surface area contributed by atoms with Gasteiger partial charge in [0.1, 0.15) is 11.8 Å². The van der Waals surface area contributed by atoms with Crippen molar-refractivity contribution in [2.75, 3.05) is 6.61 Å². The van der Waals surface area contributed by atoms with Gasteiger partial charge in [0.15, 0.2) is 0 Å². The van der Waals surface area contributed by atoms with E-state index >= 15 is 0 Å². The van der Waals surface area contributed by atoms with E-state index in [1.54, 1.807) is 6.92 Å². The summed E-state index contributed by atoms with van der Waals surface area (Å²) in [4.78, 5) is 16.0. The molecule has 0 aliphatic carbocycles. The average Bonchev–Trinajstić information content (AvgIpc) is 2.78. The van der Waals surface area contributed by atoms with Gasteiger partial charge in [0.2, 0.25) is 5.91 Å². The van der Waals surface area contributed by atoms with Gasteiger partial charge in [-0.3, -0.25) is 4.79 Å². The second-order valence-electron chi connectivity index (χ2n) is 4.01. The monoisotopic (exact) mass is 247 g/mol. The Labute approximate surface area is 106 Å². The molecule has 0 bridgehead atoms. The zero-order chi connectivity index (χ0) is 13.0. The quantitative estimate of drug-likeness (QED) is 0.868. The molecule has 2 rings (SSSR count). The lowest BCUT2D eigenvalue weighted by molar-refractivity contribution is -0.131. The van der Waals surface area contributed by atoms with Crippen LogP contribution in [-0.2, 0) is 16.1 Å². The van der Waals surface area contributed by atoms with Crippen LogP contribution in [0.15, 0.2) is 30.6 Å². The Bertz CT molecular complexity index is 503. The maximum atomic E-state index is 11.7. The number of fused-ring (bicyclic) bond motifs is 1. The minimum Gasteiger partial charge on any atom is -0.369 e. The smallest absolute Gasteiger partial charge is 0.249 e. The lowest BCUT2D eigenvalue weighted by Crippen LogP contribution is -2.34. The molecule has 5 heteroatoms. The molecule has 0 saturated carbocycles. The lowest BCUT2D eigenvalue weighted by Gasteiger charge is -2.10. The van der Waals surface area contributed by atoms with Crippen molar-refractivity contribution in [3.05, 3.63) is 36.3 Å². The molecule has 0 fully saturated rings. The zero-order valence-corrected chi connectivity index (χ0v) is 10.6. The number of hydrogen-bond donors (Lipinski definition) is 1. The highest BCUT2D eigenvalue weighted by molar-refractivity contribution is 5.80. The molecule has 0 aromatic carbocycles. The van der Waals surface area contributed by atoms with Crippen LogP contribution in [0.5, 0.6) is 0 Å². The predicted octanol–water partition coefficient (Wildman–Crippen LogP) is 1.38. The van der Waals surface area contributed by atoms with Crippen molar-refractivity contribution >= 4 is 11.6 Å². The number of nitrogens with zero attached hydrogens (tertiary/aromatic N) is 2. The van der Waals surface area contributed by atoms with Crippen LogP contribution in [0.3, 0.4) is 0 Å². The highest BCUT2D eigenvalue weighted by Crippen LogP contribution is 2.04. The molecule has 0 saturated heterocycles. The molecule has 96 valence electrons. The van der Waals surface area contributed by atoms with Gasteiger partial charge in [-0.2, -0.15) is 0 Å². The standard InChI is InChI=1S/C13H17N3O2/c1-3-18-10(2)13(17)14-8-11-9-16-7-5-4-6-12(16)15-11/h4-7,9-10H,3,8H2,1-2H3,(H,14,17)/t10-/m1/s1. The first kappa shape index (κ1) is 12.6. The van der Waals surface area contributed by atoms with Crippen LogP contribution in [-0.4, -0.2) is 28.0 Å². The maximum absolute atomic E-state index is 11.7. The number of carbonyl (C=O) groups excluding carboxylic acids is 1. The summed E-state index contributed by atoms with van der Waals surface area (Å²) >= 11 is 0. The van der Waals surface area contributed by atoms with E-state index in [0.29, 0.717) is 13.2 Å². The van der Waals surface area contributed by atoms with Crippen LogP contribution in [0.4, 0.5) is 0 Å². The summed E-state index contributed by atoms with van der Waals surface area (Å²) in [5, 5.41) is 2.80. The largest absolute Gasteiger partial charge is 0.369 e. The van der Waals surface area contributed by atoms with Crippen molar-refractivity contribution in [3.63, 3.8) is 0 Å². The van der Waals surface area contributed by atoms with E-state index in [1.807, 2.05) is 41.9 Å². The third kappa shape index (κ3) is 2.87. The van der Waals surface area contributed by atoms with Crippen molar-refractivity contribution < 1.29 is 9.53 Å². The van der Waals surface area contributed by atoms with Gasteiger partial charge in [-0.15, -0.1) is 0 Å². The molecule has 0 radical (unpaired) electrons. The van der Waals surface area contributed by atoms with E-state index < -0.39 is 6.10 Å². The SMILES string of the molecule is CCO[C@H](C)C(=O)NCc1cn2ccccc2n1. The molecule has 2 heterocycles. The third-order valence-electron chi connectivity index (χ3n) is 2.64. The Kier molecular flexibility index (Phi) is 3.94. The first-order valence-electron chi connectivity index (χ1n) is 6.02. The van der Waals surface area contributed by atoms with Crippen LogP contribution in [0.2, 0.25) is 0 Å². The Balaban J connectivity index is 1.95. The normalized spacial score (nSPS) is 12.6. The summed E-state index contributed by atoms with van der Waals surface area (Å²) in [6.07, 6.45) is 3.41. The number of pyridine rings is 1. The van der Waals surface area contributed by atoms with Gasteiger partial charge in [-0.05, 0) is 26.0 Å². The van der Waals surface area contributed by atoms with Crippen LogP contribution in [0.1, 0.15) is 19.5 Å². The number of aromatic nitrogens is 2. The van der Waals surface area contributed by atoms with Gasteiger partial charge in [0.25, 0.3) is 0 Å². The average molecular weight is 247 g/mol. The van der Waals surface area contributed by atoms with Crippen LogP contribution in [0, 0.1) is 0 Å². The van der Waals surface area contributed by atoms with E-state index in [2.05, 4.69) is 10.3 Å². The number of hydrogen-bond acceptors (Lipinski definition) is 3. The predicted molar refractivity (Wildman–Crippen MR) is 68.1 cm³/mol. The fourth-order valence-electron chi connectivity index (χ4n) is 1.72. The molecular formula is C13H17N3O2. The van der Waals surface area contributed by atoms with Gasteiger partial charge in [0.05, 0.1) is 12.2 Å². The Morgan fingerprint density at radius 3 is 3.11 bits per heavy atom. The number of imidazole rings is 1. The fourth-order valence-corrected chi connectivity index (χ4v) is 1.72. The molecule has 1 N–H and O–H groups in total. The van der Waals surface area contributed by atoms with E-state index in [-0.39, 0.29) is 5.91 Å². The van der Waals surface area contributed by atoms with Crippen molar-refractivity contribution in [1.82, 2.24) is 14.7 Å². The van der Waals surface area contributed by atoms with E-state index in [1.165, 1.54) is 0 Å². The minimum atomic E-state index is -0.424. The van der Waals surface area contributed by atoms with Gasteiger partial charge < -0.3 is 14.5 Å². The molecule has 0 aliphatic rings. The molecule has 0 aliphatic heterocycles. The van der Waals surface area contributed by atoms with E-state index in [4.69, 9.17) is 4.74 Å². The first-order chi connectivity index (χ1) is 8.70. The van der Waals surface area contributed by atoms with Crippen LogP contribution in [0.25, 0.3) is 5.65 Å². The first-order valence-corrected chi connectivity index (χ1v) is 6.02. The van der Waals surface area contributed by atoms with E-state index in [0.717, 1.165) is 11.3 Å². The van der Waals surface area contributed by atoms with Crippen LogP contribution < -0.4 is 5.32 Å². The maximum Gasteiger partial charge on any atom is 0.249 e. The minimum absolute atomic E-state index is 0.117. The molecule has 18 heavy (non-hydrogen) atoms. The van der Waals surface area contributed by atoms with Crippen molar-refractivity contribution in [1.29, 1.82) is 0 Å². The molecule has 2 aromatic heterocycles. The summed E-state index contributed by atoms with van der Waals surface area (Å²) in [6.45, 7) is 4.55. The number of rotatable bonds is 5. The highest BCUT2D eigenvalue weighted by Gasteiger charge is 2.12. The molecule has 0 spiro atoms. The van der Waals surface area contributed by atoms with Crippen LogP contribution >= 0.6 is 0 Å². The lowest BCUT2D eigenvalue weighted by atomic mass is 10.3. The van der Waals surface area contributed by atoms with Gasteiger partial charge in [-0.1, -0.05) is 6.07 Å². The Morgan fingerprint density at radius 1 is 1.56 bits per heavy atom. The Hall–Kier alpha value is -1.88. The van der Waals surface area contributed by atoms with Gasteiger partial charge >= 0.3 is 0 Å². The van der Waals surface area contributed by atoms with Crippen molar-refractivity contribution in [3.8, 4) is 0 Å². The third-order valence-corrected chi connectivity index (χ3v) is 2.64. The Morgan fingerprint density at radius 2 is 2.39 bits per heavy atom. The van der Waals surface area contributed by atoms with Crippen molar-refractivity contribution in [2.24, 2.45) is 0 Å². The number of carbonyl (C=O) groups is 1. The summed E-state index contributed by atoms with van der Waals surface area (Å²) in [5.41, 5.74) is 1.71. The molecule has 1 atom stereocenters. The number of nitrogens with one attached hydrogen (secondary N) is 1. The molecule has 2 aromatic rings. The summed E-state index contributed by atoms with van der Waals surface area (Å²) in [6, 6.07) is 5.80. The summed E-state index contributed by atoms with van der Waals surface area (Å²) < 4.78 is 7.14. The second kappa shape index (κ2) is 5.64. The van der Waals surface area contributed by atoms with Gasteiger partial charge in [0, 0.05) is 19.0 Å².